The third-order valence-corrected chi connectivity index (χ3v) is 4.73. The standard InChI is InChI=1S/C19H17N3O4S/c1-12-6-8-14(9-7-12)20-19-21-15(11-27-19)10-26-18(23)16-4-3-5-17(13(16)2)22(24)25/h3-9,11H,10H2,1-2H3,(H,20,21). The van der Waals surface area contributed by atoms with Crippen molar-refractivity contribution in [2.45, 2.75) is 20.5 Å². The highest BCUT2D eigenvalue weighted by Crippen LogP contribution is 2.24. The van der Waals surface area contributed by atoms with E-state index < -0.39 is 10.9 Å². The predicted molar refractivity (Wildman–Crippen MR) is 104 cm³/mol. The number of aryl methyl sites for hydroxylation is 1. The summed E-state index contributed by atoms with van der Waals surface area (Å²) in [7, 11) is 0. The van der Waals surface area contributed by atoms with Gasteiger partial charge in [-0.3, -0.25) is 10.1 Å². The lowest BCUT2D eigenvalue weighted by Gasteiger charge is -2.06. The fraction of sp³-hybridized carbons (Fsp3) is 0.158. The van der Waals surface area contributed by atoms with Crippen LogP contribution >= 0.6 is 11.3 Å². The molecule has 0 bridgehead atoms. The van der Waals surface area contributed by atoms with Crippen molar-refractivity contribution in [1.29, 1.82) is 0 Å². The van der Waals surface area contributed by atoms with Crippen molar-refractivity contribution in [3.8, 4) is 0 Å². The van der Waals surface area contributed by atoms with E-state index in [1.807, 2.05) is 31.2 Å². The van der Waals surface area contributed by atoms with Gasteiger partial charge >= 0.3 is 5.97 Å². The van der Waals surface area contributed by atoms with Crippen molar-refractivity contribution in [3.05, 3.63) is 80.3 Å². The van der Waals surface area contributed by atoms with Crippen LogP contribution in [0, 0.1) is 24.0 Å². The molecule has 1 aromatic heterocycles. The first kappa shape index (κ1) is 18.5. The molecule has 0 spiro atoms. The Morgan fingerprint density at radius 3 is 2.67 bits per heavy atom. The Morgan fingerprint density at radius 2 is 1.96 bits per heavy atom. The van der Waals surface area contributed by atoms with Crippen LogP contribution in [0.1, 0.15) is 27.2 Å². The van der Waals surface area contributed by atoms with Gasteiger partial charge in [0.15, 0.2) is 5.13 Å². The minimum atomic E-state index is -0.614. The van der Waals surface area contributed by atoms with Crippen molar-refractivity contribution >= 4 is 33.8 Å². The molecule has 2 aromatic carbocycles. The SMILES string of the molecule is Cc1ccc(Nc2nc(COC(=O)c3cccc([N+](=O)[O-])c3C)cs2)cc1. The van der Waals surface area contributed by atoms with Gasteiger partial charge in [0, 0.05) is 22.7 Å². The summed E-state index contributed by atoms with van der Waals surface area (Å²) < 4.78 is 5.26. The first-order valence-electron chi connectivity index (χ1n) is 8.13. The number of hydrogen-bond donors (Lipinski definition) is 1. The largest absolute Gasteiger partial charge is 0.456 e. The van der Waals surface area contributed by atoms with Gasteiger partial charge in [-0.15, -0.1) is 11.3 Å². The summed E-state index contributed by atoms with van der Waals surface area (Å²) in [5.74, 6) is -0.614. The summed E-state index contributed by atoms with van der Waals surface area (Å²) in [4.78, 5) is 27.1. The molecular formula is C19H17N3O4S. The number of aromatic nitrogens is 1. The molecule has 0 fully saturated rings. The zero-order chi connectivity index (χ0) is 19.4. The molecule has 0 aliphatic carbocycles. The van der Waals surface area contributed by atoms with Gasteiger partial charge in [0.1, 0.15) is 6.61 Å². The van der Waals surface area contributed by atoms with Crippen molar-refractivity contribution in [3.63, 3.8) is 0 Å². The molecule has 27 heavy (non-hydrogen) atoms. The summed E-state index contributed by atoms with van der Waals surface area (Å²) in [5, 5.41) is 16.7. The van der Waals surface area contributed by atoms with Gasteiger partial charge in [-0.1, -0.05) is 23.8 Å². The third-order valence-electron chi connectivity index (χ3n) is 3.93. The molecule has 0 aliphatic heterocycles. The predicted octanol–water partition coefficient (Wildman–Crippen LogP) is 4.77. The fourth-order valence-corrected chi connectivity index (χ4v) is 3.17. The first-order chi connectivity index (χ1) is 12.9. The van der Waals surface area contributed by atoms with Crippen LogP contribution < -0.4 is 5.32 Å². The molecule has 0 saturated carbocycles. The van der Waals surface area contributed by atoms with Gasteiger partial charge in [0.2, 0.25) is 0 Å². The maximum Gasteiger partial charge on any atom is 0.339 e. The molecule has 1 N–H and O–H groups in total. The average molecular weight is 383 g/mol. The summed E-state index contributed by atoms with van der Waals surface area (Å²) in [6, 6.07) is 12.3. The van der Waals surface area contributed by atoms with Crippen LogP contribution in [0.5, 0.6) is 0 Å². The van der Waals surface area contributed by atoms with E-state index in [-0.39, 0.29) is 23.4 Å². The number of nitro groups is 1. The smallest absolute Gasteiger partial charge is 0.339 e. The average Bonchev–Trinajstić information content (AvgIpc) is 3.09. The molecule has 138 valence electrons. The van der Waals surface area contributed by atoms with E-state index in [0.717, 1.165) is 5.69 Å². The number of anilines is 2. The lowest BCUT2D eigenvalue weighted by molar-refractivity contribution is -0.385. The van der Waals surface area contributed by atoms with Crippen molar-refractivity contribution in [2.75, 3.05) is 5.32 Å². The Hall–Kier alpha value is -3.26. The Balaban J connectivity index is 1.63. The third kappa shape index (κ3) is 4.48. The highest BCUT2D eigenvalue weighted by molar-refractivity contribution is 7.13. The van der Waals surface area contributed by atoms with Crippen LogP contribution in [0.2, 0.25) is 0 Å². The Labute approximate surface area is 159 Å². The number of benzene rings is 2. The highest BCUT2D eigenvalue weighted by Gasteiger charge is 2.19. The highest BCUT2D eigenvalue weighted by atomic mass is 32.1. The molecule has 0 unspecified atom stereocenters. The van der Waals surface area contributed by atoms with Crippen molar-refractivity contribution in [1.82, 2.24) is 4.98 Å². The second-order valence-corrected chi connectivity index (χ2v) is 6.78. The summed E-state index contributed by atoms with van der Waals surface area (Å²) in [6.07, 6.45) is 0. The van der Waals surface area contributed by atoms with Crippen LogP contribution in [0.3, 0.4) is 0 Å². The molecule has 0 aliphatic rings. The molecule has 0 saturated heterocycles. The second-order valence-electron chi connectivity index (χ2n) is 5.92. The van der Waals surface area contributed by atoms with Crippen LogP contribution in [-0.4, -0.2) is 15.9 Å². The number of nitro benzene ring substituents is 1. The number of carbonyl (C=O) groups excluding carboxylic acids is 1. The Kier molecular flexibility index (Phi) is 5.46. The van der Waals surface area contributed by atoms with E-state index in [4.69, 9.17) is 4.74 Å². The first-order valence-corrected chi connectivity index (χ1v) is 9.01. The lowest BCUT2D eigenvalue weighted by Crippen LogP contribution is -2.08. The number of rotatable bonds is 6. The Morgan fingerprint density at radius 1 is 1.22 bits per heavy atom. The van der Waals surface area contributed by atoms with Crippen molar-refractivity contribution in [2.24, 2.45) is 0 Å². The van der Waals surface area contributed by atoms with Gasteiger partial charge < -0.3 is 10.1 Å². The molecule has 0 amide bonds. The van der Waals surface area contributed by atoms with E-state index >= 15 is 0 Å². The Bertz CT molecular complexity index is 983. The summed E-state index contributed by atoms with van der Waals surface area (Å²) in [6.45, 7) is 3.54. The van der Waals surface area contributed by atoms with Gasteiger partial charge in [-0.05, 0) is 32.0 Å². The number of ether oxygens (including phenoxy) is 1. The number of nitrogens with one attached hydrogen (secondary N) is 1. The van der Waals surface area contributed by atoms with E-state index in [1.54, 1.807) is 5.38 Å². The van der Waals surface area contributed by atoms with Gasteiger partial charge in [0.05, 0.1) is 16.2 Å². The zero-order valence-electron chi connectivity index (χ0n) is 14.8. The maximum atomic E-state index is 12.3. The maximum absolute atomic E-state index is 12.3. The zero-order valence-corrected chi connectivity index (χ0v) is 15.6. The van der Waals surface area contributed by atoms with Gasteiger partial charge in [-0.25, -0.2) is 9.78 Å². The molecule has 8 heteroatoms. The van der Waals surface area contributed by atoms with E-state index in [9.17, 15) is 14.9 Å². The number of thiazole rings is 1. The number of esters is 1. The van der Waals surface area contributed by atoms with Gasteiger partial charge in [-0.2, -0.15) is 0 Å². The molecule has 0 atom stereocenters. The van der Waals surface area contributed by atoms with Crippen LogP contribution in [-0.2, 0) is 11.3 Å². The number of nitrogens with zero attached hydrogens (tertiary/aromatic N) is 2. The van der Waals surface area contributed by atoms with Crippen LogP contribution in [0.4, 0.5) is 16.5 Å². The van der Waals surface area contributed by atoms with Crippen molar-refractivity contribution < 1.29 is 14.5 Å². The van der Waals surface area contributed by atoms with E-state index in [0.29, 0.717) is 10.8 Å². The molecule has 3 aromatic rings. The molecule has 1 heterocycles. The normalized spacial score (nSPS) is 10.4. The minimum absolute atomic E-state index is 0.00690. The summed E-state index contributed by atoms with van der Waals surface area (Å²) >= 11 is 1.40. The molecular weight excluding hydrogens is 366 g/mol. The molecule has 3 rings (SSSR count). The quantitative estimate of drug-likeness (QED) is 0.374. The van der Waals surface area contributed by atoms with E-state index in [2.05, 4.69) is 10.3 Å². The van der Waals surface area contributed by atoms with Gasteiger partial charge in [0.25, 0.3) is 5.69 Å². The molecule has 7 nitrogen and oxygen atoms in total. The number of hydrogen-bond acceptors (Lipinski definition) is 7. The van der Waals surface area contributed by atoms with E-state index in [1.165, 1.54) is 42.0 Å². The fourth-order valence-electron chi connectivity index (χ4n) is 2.45. The topological polar surface area (TPSA) is 94.4 Å². The second kappa shape index (κ2) is 7.96. The summed E-state index contributed by atoms with van der Waals surface area (Å²) in [5.41, 5.74) is 3.05. The van der Waals surface area contributed by atoms with Crippen LogP contribution in [0.15, 0.2) is 47.8 Å². The minimum Gasteiger partial charge on any atom is -0.456 e. The number of carbonyl (C=O) groups is 1. The molecule has 0 radical (unpaired) electrons. The lowest BCUT2D eigenvalue weighted by atomic mass is 10.1. The monoisotopic (exact) mass is 383 g/mol. The van der Waals surface area contributed by atoms with Crippen LogP contribution in [0.25, 0.3) is 0 Å².